The molecule has 0 saturated carbocycles. The summed E-state index contributed by atoms with van der Waals surface area (Å²) in [6.07, 6.45) is 3.19. The second-order valence-corrected chi connectivity index (χ2v) is 7.98. The molecule has 178 valence electrons. The second-order valence-electron chi connectivity index (χ2n) is 7.98. The number of aromatic nitrogens is 2. The van der Waals surface area contributed by atoms with Crippen LogP contribution in [-0.2, 0) is 32.0 Å². The highest BCUT2D eigenvalue weighted by Gasteiger charge is 2.27. The van der Waals surface area contributed by atoms with Gasteiger partial charge in [0, 0.05) is 18.3 Å². The SMILES string of the molecule is CC(C)C(NC(=O)C(N)Cc1ccccc1)C(=O)NCC(=O)NC(Cc1cnc[nH]1)C(=O)O. The van der Waals surface area contributed by atoms with Gasteiger partial charge in [0.15, 0.2) is 0 Å². The van der Waals surface area contributed by atoms with Crippen LogP contribution in [0.5, 0.6) is 0 Å². The quantitative estimate of drug-likeness (QED) is 0.244. The first-order chi connectivity index (χ1) is 15.7. The van der Waals surface area contributed by atoms with Crippen LogP contribution in [-0.4, -0.2) is 63.4 Å². The number of carboxylic acids is 1. The van der Waals surface area contributed by atoms with Crippen molar-refractivity contribution in [1.29, 1.82) is 0 Å². The van der Waals surface area contributed by atoms with E-state index < -0.39 is 48.4 Å². The molecule has 1 aromatic carbocycles. The van der Waals surface area contributed by atoms with Gasteiger partial charge in [-0.1, -0.05) is 44.2 Å². The van der Waals surface area contributed by atoms with Gasteiger partial charge in [-0.15, -0.1) is 0 Å². The van der Waals surface area contributed by atoms with Crippen LogP contribution in [0.4, 0.5) is 0 Å². The van der Waals surface area contributed by atoms with Gasteiger partial charge in [0.25, 0.3) is 0 Å². The van der Waals surface area contributed by atoms with E-state index >= 15 is 0 Å². The van der Waals surface area contributed by atoms with Crippen molar-refractivity contribution in [1.82, 2.24) is 25.9 Å². The summed E-state index contributed by atoms with van der Waals surface area (Å²) in [4.78, 5) is 55.3. The van der Waals surface area contributed by atoms with Crippen LogP contribution in [0.25, 0.3) is 0 Å². The molecule has 7 N–H and O–H groups in total. The first-order valence-electron chi connectivity index (χ1n) is 10.5. The lowest BCUT2D eigenvalue weighted by Gasteiger charge is -2.23. The first-order valence-corrected chi connectivity index (χ1v) is 10.5. The predicted octanol–water partition coefficient (Wildman–Crippen LogP) is -0.651. The van der Waals surface area contributed by atoms with Crippen molar-refractivity contribution < 1.29 is 24.3 Å². The van der Waals surface area contributed by atoms with Gasteiger partial charge in [0.2, 0.25) is 17.7 Å². The summed E-state index contributed by atoms with van der Waals surface area (Å²) in [5, 5.41) is 16.8. The van der Waals surface area contributed by atoms with Gasteiger partial charge in [-0.05, 0) is 17.9 Å². The molecule has 11 nitrogen and oxygen atoms in total. The highest BCUT2D eigenvalue weighted by Crippen LogP contribution is 2.05. The molecular weight excluding hydrogens is 428 g/mol. The highest BCUT2D eigenvalue weighted by atomic mass is 16.4. The number of hydrogen-bond donors (Lipinski definition) is 6. The number of imidazole rings is 1. The number of benzene rings is 1. The van der Waals surface area contributed by atoms with Crippen LogP contribution in [0.3, 0.4) is 0 Å². The summed E-state index contributed by atoms with van der Waals surface area (Å²) < 4.78 is 0. The second kappa shape index (κ2) is 12.3. The number of carbonyl (C=O) groups excluding carboxylic acids is 3. The summed E-state index contributed by atoms with van der Waals surface area (Å²) in [5.41, 5.74) is 7.42. The fourth-order valence-corrected chi connectivity index (χ4v) is 3.10. The molecule has 2 aromatic rings. The zero-order valence-electron chi connectivity index (χ0n) is 18.6. The van der Waals surface area contributed by atoms with E-state index in [4.69, 9.17) is 5.73 Å². The van der Waals surface area contributed by atoms with Crippen molar-refractivity contribution in [2.45, 2.75) is 44.8 Å². The molecule has 11 heteroatoms. The minimum Gasteiger partial charge on any atom is -0.480 e. The van der Waals surface area contributed by atoms with Crippen molar-refractivity contribution in [3.05, 3.63) is 54.1 Å². The Bertz CT molecular complexity index is 932. The molecule has 0 spiro atoms. The van der Waals surface area contributed by atoms with E-state index in [9.17, 15) is 24.3 Å². The van der Waals surface area contributed by atoms with Gasteiger partial charge in [0.1, 0.15) is 12.1 Å². The molecule has 0 aliphatic rings. The summed E-state index contributed by atoms with van der Waals surface area (Å²) in [6.45, 7) is 3.05. The molecule has 3 atom stereocenters. The molecule has 1 heterocycles. The molecular formula is C22H30N6O5. The Kier molecular flexibility index (Phi) is 9.55. The van der Waals surface area contributed by atoms with Gasteiger partial charge in [0.05, 0.1) is 18.9 Å². The van der Waals surface area contributed by atoms with E-state index in [1.807, 2.05) is 30.3 Å². The Hall–Kier alpha value is -3.73. The van der Waals surface area contributed by atoms with Crippen LogP contribution in [0, 0.1) is 5.92 Å². The number of hydrogen-bond acceptors (Lipinski definition) is 6. The lowest BCUT2D eigenvalue weighted by Crippen LogP contribution is -2.55. The number of carboxylic acid groups (broad SMARTS) is 1. The van der Waals surface area contributed by atoms with Crippen molar-refractivity contribution in [3.8, 4) is 0 Å². The third-order valence-electron chi connectivity index (χ3n) is 4.92. The van der Waals surface area contributed by atoms with Crippen LogP contribution < -0.4 is 21.7 Å². The average molecular weight is 459 g/mol. The average Bonchev–Trinajstić information content (AvgIpc) is 3.28. The van der Waals surface area contributed by atoms with Gasteiger partial charge in [-0.3, -0.25) is 14.4 Å². The van der Waals surface area contributed by atoms with E-state index in [0.29, 0.717) is 12.1 Å². The third kappa shape index (κ3) is 8.37. The van der Waals surface area contributed by atoms with Crippen LogP contribution >= 0.6 is 0 Å². The topological polar surface area (TPSA) is 179 Å². The summed E-state index contributed by atoms with van der Waals surface area (Å²) >= 11 is 0. The number of nitrogens with zero attached hydrogens (tertiary/aromatic N) is 1. The van der Waals surface area contributed by atoms with E-state index in [0.717, 1.165) is 5.56 Å². The summed E-state index contributed by atoms with van der Waals surface area (Å²) in [7, 11) is 0. The minimum atomic E-state index is -1.22. The molecule has 0 aliphatic carbocycles. The van der Waals surface area contributed by atoms with E-state index in [-0.39, 0.29) is 12.3 Å². The molecule has 0 radical (unpaired) electrons. The van der Waals surface area contributed by atoms with Crippen molar-refractivity contribution in [2.24, 2.45) is 11.7 Å². The monoisotopic (exact) mass is 458 g/mol. The third-order valence-corrected chi connectivity index (χ3v) is 4.92. The fraction of sp³-hybridized carbons (Fsp3) is 0.409. The number of H-pyrrole nitrogens is 1. The van der Waals surface area contributed by atoms with E-state index in [1.165, 1.54) is 12.5 Å². The number of carbonyl (C=O) groups is 4. The number of amides is 3. The number of aromatic amines is 1. The molecule has 3 amide bonds. The molecule has 0 saturated heterocycles. The predicted molar refractivity (Wildman–Crippen MR) is 120 cm³/mol. The first kappa shape index (κ1) is 25.5. The van der Waals surface area contributed by atoms with E-state index in [1.54, 1.807) is 13.8 Å². The normalized spacial score (nSPS) is 13.6. The Morgan fingerprint density at radius 2 is 1.76 bits per heavy atom. The smallest absolute Gasteiger partial charge is 0.326 e. The highest BCUT2D eigenvalue weighted by molar-refractivity contribution is 5.92. The van der Waals surface area contributed by atoms with Gasteiger partial charge in [-0.2, -0.15) is 0 Å². The molecule has 0 aliphatic heterocycles. The number of nitrogens with one attached hydrogen (secondary N) is 4. The molecule has 2 rings (SSSR count). The van der Waals surface area contributed by atoms with Crippen molar-refractivity contribution in [3.63, 3.8) is 0 Å². The maximum Gasteiger partial charge on any atom is 0.326 e. The molecule has 3 unspecified atom stereocenters. The number of rotatable bonds is 12. The molecule has 33 heavy (non-hydrogen) atoms. The Morgan fingerprint density at radius 1 is 1.06 bits per heavy atom. The van der Waals surface area contributed by atoms with Crippen LogP contribution in [0.15, 0.2) is 42.9 Å². The molecule has 0 fully saturated rings. The van der Waals surface area contributed by atoms with Gasteiger partial charge >= 0.3 is 5.97 Å². The minimum absolute atomic E-state index is 0.0129. The summed E-state index contributed by atoms with van der Waals surface area (Å²) in [6, 6.07) is 6.32. The van der Waals surface area contributed by atoms with Crippen molar-refractivity contribution in [2.75, 3.05) is 6.54 Å². The number of nitrogens with two attached hydrogens (primary N) is 1. The summed E-state index contributed by atoms with van der Waals surface area (Å²) in [5.74, 6) is -3.22. The largest absolute Gasteiger partial charge is 0.480 e. The Labute approximate surface area is 191 Å². The fourth-order valence-electron chi connectivity index (χ4n) is 3.10. The van der Waals surface area contributed by atoms with Crippen molar-refractivity contribution >= 4 is 23.7 Å². The Morgan fingerprint density at radius 3 is 2.33 bits per heavy atom. The molecule has 0 bridgehead atoms. The van der Waals surface area contributed by atoms with Gasteiger partial charge < -0.3 is 31.8 Å². The molecule has 1 aromatic heterocycles. The lowest BCUT2D eigenvalue weighted by atomic mass is 10.0. The Balaban J connectivity index is 1.87. The van der Waals surface area contributed by atoms with Crippen LogP contribution in [0.1, 0.15) is 25.1 Å². The standard InChI is InChI=1S/C22H30N6O5/c1-13(2)19(28-20(30)16(23)8-14-6-4-3-5-7-14)21(31)25-11-18(29)27-17(22(32)33)9-15-10-24-12-26-15/h3-7,10,12-13,16-17,19H,8-9,11,23H2,1-2H3,(H,24,26)(H,25,31)(H,27,29)(H,28,30)(H,32,33). The lowest BCUT2D eigenvalue weighted by molar-refractivity contribution is -0.141. The maximum atomic E-state index is 12.6. The van der Waals surface area contributed by atoms with E-state index in [2.05, 4.69) is 25.9 Å². The maximum absolute atomic E-state index is 12.6. The van der Waals surface area contributed by atoms with Crippen LogP contribution in [0.2, 0.25) is 0 Å². The number of aliphatic carboxylic acids is 1. The zero-order chi connectivity index (χ0) is 24.4. The zero-order valence-corrected chi connectivity index (χ0v) is 18.6. The van der Waals surface area contributed by atoms with Gasteiger partial charge in [-0.25, -0.2) is 9.78 Å².